The highest BCUT2D eigenvalue weighted by Crippen LogP contribution is 2.16. The van der Waals surface area contributed by atoms with Crippen LogP contribution >= 0.6 is 0 Å². The fourth-order valence-electron chi connectivity index (χ4n) is 2.35. The summed E-state index contributed by atoms with van der Waals surface area (Å²) in [7, 11) is 1.27. The standard InChI is InChI=1S/C16H20N2O5/c1-22-16(21)12-4-2-3-5-13(12)18-14(19)10-17-15(20)11-6-8-23-9-7-11/h2-5,11H,6-10H2,1H3,(H,17,20)(H,18,19). The zero-order chi connectivity index (χ0) is 16.7. The first-order valence-corrected chi connectivity index (χ1v) is 7.44. The van der Waals surface area contributed by atoms with Gasteiger partial charge in [-0.25, -0.2) is 4.79 Å². The van der Waals surface area contributed by atoms with E-state index in [1.165, 1.54) is 7.11 Å². The molecule has 1 heterocycles. The zero-order valence-electron chi connectivity index (χ0n) is 13.0. The average molecular weight is 320 g/mol. The number of nitrogens with one attached hydrogen (secondary N) is 2. The third kappa shape index (κ3) is 4.79. The number of hydrogen-bond acceptors (Lipinski definition) is 5. The fourth-order valence-corrected chi connectivity index (χ4v) is 2.35. The van der Waals surface area contributed by atoms with Gasteiger partial charge in [0, 0.05) is 19.1 Å². The maximum absolute atomic E-state index is 12.0. The molecule has 0 bridgehead atoms. The number of carbonyl (C=O) groups is 3. The lowest BCUT2D eigenvalue weighted by Crippen LogP contribution is -2.38. The fraction of sp³-hybridized carbons (Fsp3) is 0.438. The van der Waals surface area contributed by atoms with E-state index in [9.17, 15) is 14.4 Å². The van der Waals surface area contributed by atoms with Gasteiger partial charge < -0.3 is 20.1 Å². The Bertz CT molecular complexity index is 582. The van der Waals surface area contributed by atoms with E-state index >= 15 is 0 Å². The second-order valence-corrected chi connectivity index (χ2v) is 5.19. The van der Waals surface area contributed by atoms with E-state index in [0.29, 0.717) is 31.7 Å². The number of hydrogen-bond donors (Lipinski definition) is 2. The maximum atomic E-state index is 12.0. The first kappa shape index (κ1) is 17.0. The minimum atomic E-state index is -0.535. The lowest BCUT2D eigenvalue weighted by atomic mass is 9.99. The van der Waals surface area contributed by atoms with Crippen molar-refractivity contribution in [3.05, 3.63) is 29.8 Å². The summed E-state index contributed by atoms with van der Waals surface area (Å²) < 4.78 is 9.86. The van der Waals surface area contributed by atoms with Crippen molar-refractivity contribution in [3.8, 4) is 0 Å². The predicted molar refractivity (Wildman–Crippen MR) is 83.0 cm³/mol. The number of para-hydroxylation sites is 1. The van der Waals surface area contributed by atoms with Crippen LogP contribution in [0.15, 0.2) is 24.3 Å². The number of esters is 1. The molecule has 0 atom stereocenters. The lowest BCUT2D eigenvalue weighted by molar-refractivity contribution is -0.129. The molecule has 1 saturated heterocycles. The van der Waals surface area contributed by atoms with Crippen LogP contribution < -0.4 is 10.6 Å². The third-order valence-corrected chi connectivity index (χ3v) is 3.62. The van der Waals surface area contributed by atoms with E-state index in [-0.39, 0.29) is 23.9 Å². The van der Waals surface area contributed by atoms with Crippen molar-refractivity contribution in [3.63, 3.8) is 0 Å². The number of rotatable bonds is 5. The van der Waals surface area contributed by atoms with Crippen LogP contribution in [0.25, 0.3) is 0 Å². The molecule has 124 valence electrons. The first-order valence-electron chi connectivity index (χ1n) is 7.44. The molecule has 0 aliphatic carbocycles. The second kappa shape index (κ2) is 8.28. The molecule has 0 radical (unpaired) electrons. The molecule has 2 rings (SSSR count). The topological polar surface area (TPSA) is 93.7 Å². The Hall–Kier alpha value is -2.41. The summed E-state index contributed by atoms with van der Waals surface area (Å²) in [6, 6.07) is 6.53. The molecule has 1 aromatic carbocycles. The van der Waals surface area contributed by atoms with Crippen LogP contribution in [0.2, 0.25) is 0 Å². The predicted octanol–water partition coefficient (Wildman–Crippen LogP) is 0.954. The lowest BCUT2D eigenvalue weighted by Gasteiger charge is -2.21. The minimum Gasteiger partial charge on any atom is -0.465 e. The maximum Gasteiger partial charge on any atom is 0.339 e. The van der Waals surface area contributed by atoms with Crippen LogP contribution in [0.4, 0.5) is 5.69 Å². The summed E-state index contributed by atoms with van der Waals surface area (Å²) in [5.41, 5.74) is 0.615. The SMILES string of the molecule is COC(=O)c1ccccc1NC(=O)CNC(=O)C1CCOCC1. The molecule has 2 amide bonds. The smallest absolute Gasteiger partial charge is 0.339 e. The quantitative estimate of drug-likeness (QED) is 0.788. The van der Waals surface area contributed by atoms with Gasteiger partial charge in [-0.2, -0.15) is 0 Å². The van der Waals surface area contributed by atoms with E-state index in [4.69, 9.17) is 4.74 Å². The molecule has 0 aromatic heterocycles. The number of anilines is 1. The largest absolute Gasteiger partial charge is 0.465 e. The van der Waals surface area contributed by atoms with Crippen molar-refractivity contribution in [2.24, 2.45) is 5.92 Å². The molecule has 0 unspecified atom stereocenters. The van der Waals surface area contributed by atoms with Gasteiger partial charge in [0.05, 0.1) is 24.9 Å². The third-order valence-electron chi connectivity index (χ3n) is 3.62. The number of benzene rings is 1. The van der Waals surface area contributed by atoms with Crippen molar-refractivity contribution < 1.29 is 23.9 Å². The number of amides is 2. The van der Waals surface area contributed by atoms with E-state index in [0.717, 1.165) is 0 Å². The number of carbonyl (C=O) groups excluding carboxylic acids is 3. The van der Waals surface area contributed by atoms with Gasteiger partial charge in [-0.3, -0.25) is 9.59 Å². The zero-order valence-corrected chi connectivity index (χ0v) is 13.0. The molecule has 2 N–H and O–H groups in total. The first-order chi connectivity index (χ1) is 11.1. The molecular formula is C16H20N2O5. The Morgan fingerprint density at radius 2 is 1.91 bits per heavy atom. The van der Waals surface area contributed by atoms with Gasteiger partial charge >= 0.3 is 5.97 Å². The van der Waals surface area contributed by atoms with Gasteiger partial charge in [0.25, 0.3) is 0 Å². The highest BCUT2D eigenvalue weighted by Gasteiger charge is 2.22. The van der Waals surface area contributed by atoms with Gasteiger partial charge in [0.2, 0.25) is 11.8 Å². The molecule has 0 saturated carbocycles. The average Bonchev–Trinajstić information content (AvgIpc) is 2.60. The van der Waals surface area contributed by atoms with Crippen molar-refractivity contribution in [2.45, 2.75) is 12.8 Å². The van der Waals surface area contributed by atoms with Crippen molar-refractivity contribution in [1.29, 1.82) is 0 Å². The molecule has 1 fully saturated rings. The molecular weight excluding hydrogens is 300 g/mol. The molecule has 7 heteroatoms. The summed E-state index contributed by atoms with van der Waals surface area (Å²) in [4.78, 5) is 35.5. The van der Waals surface area contributed by atoms with Gasteiger partial charge in [0.1, 0.15) is 0 Å². The highest BCUT2D eigenvalue weighted by molar-refractivity contribution is 6.02. The highest BCUT2D eigenvalue weighted by atomic mass is 16.5. The van der Waals surface area contributed by atoms with Crippen LogP contribution in [0, 0.1) is 5.92 Å². The van der Waals surface area contributed by atoms with Crippen LogP contribution in [0.1, 0.15) is 23.2 Å². The normalized spacial score (nSPS) is 14.8. The molecule has 0 spiro atoms. The van der Waals surface area contributed by atoms with Crippen LogP contribution in [-0.4, -0.2) is 44.7 Å². The van der Waals surface area contributed by atoms with Crippen molar-refractivity contribution in [1.82, 2.24) is 5.32 Å². The van der Waals surface area contributed by atoms with Crippen LogP contribution in [0.5, 0.6) is 0 Å². The van der Waals surface area contributed by atoms with Crippen molar-refractivity contribution in [2.75, 3.05) is 32.2 Å². The van der Waals surface area contributed by atoms with E-state index in [2.05, 4.69) is 15.4 Å². The van der Waals surface area contributed by atoms with Gasteiger partial charge in [-0.05, 0) is 25.0 Å². The number of methoxy groups -OCH3 is 1. The Balaban J connectivity index is 1.87. The summed E-state index contributed by atoms with van der Waals surface area (Å²) in [6.07, 6.45) is 1.33. The summed E-state index contributed by atoms with van der Waals surface area (Å²) in [6.45, 7) is 0.985. The summed E-state index contributed by atoms with van der Waals surface area (Å²) in [5, 5.41) is 5.22. The molecule has 7 nitrogen and oxygen atoms in total. The summed E-state index contributed by atoms with van der Waals surface area (Å²) >= 11 is 0. The van der Waals surface area contributed by atoms with Crippen LogP contribution in [-0.2, 0) is 19.1 Å². The Kier molecular flexibility index (Phi) is 6.10. The van der Waals surface area contributed by atoms with Gasteiger partial charge in [-0.15, -0.1) is 0 Å². The van der Waals surface area contributed by atoms with Gasteiger partial charge in [0.15, 0.2) is 0 Å². The second-order valence-electron chi connectivity index (χ2n) is 5.19. The Morgan fingerprint density at radius 3 is 2.61 bits per heavy atom. The van der Waals surface area contributed by atoms with Gasteiger partial charge in [-0.1, -0.05) is 12.1 Å². The monoisotopic (exact) mass is 320 g/mol. The summed E-state index contributed by atoms with van der Waals surface area (Å²) in [5.74, 6) is -1.20. The Labute approximate surface area is 134 Å². The van der Waals surface area contributed by atoms with E-state index < -0.39 is 11.9 Å². The van der Waals surface area contributed by atoms with Crippen LogP contribution in [0.3, 0.4) is 0 Å². The number of ether oxygens (including phenoxy) is 2. The molecule has 1 aromatic rings. The van der Waals surface area contributed by atoms with E-state index in [1.54, 1.807) is 24.3 Å². The molecule has 1 aliphatic heterocycles. The van der Waals surface area contributed by atoms with E-state index in [1.807, 2.05) is 0 Å². The Morgan fingerprint density at radius 1 is 1.22 bits per heavy atom. The molecule has 23 heavy (non-hydrogen) atoms. The minimum absolute atomic E-state index is 0.112. The molecule has 1 aliphatic rings. The van der Waals surface area contributed by atoms with Crippen molar-refractivity contribution >= 4 is 23.5 Å².